The molecule has 0 spiro atoms. The fourth-order valence-electron chi connectivity index (χ4n) is 1.91. The standard InChI is InChI=1S/C15H10Cl2N2O2/c16-11-8-4-7-10(12(11)17)13(20)15-19-18-14(21-15)9-5-2-1-3-6-9/h1-8,13,20H/t13-/m0/s1. The maximum absolute atomic E-state index is 10.3. The number of hydrogen-bond acceptors (Lipinski definition) is 4. The highest BCUT2D eigenvalue weighted by Gasteiger charge is 2.21. The van der Waals surface area contributed by atoms with E-state index in [1.807, 2.05) is 30.3 Å². The van der Waals surface area contributed by atoms with Gasteiger partial charge < -0.3 is 9.52 Å². The van der Waals surface area contributed by atoms with E-state index in [0.29, 0.717) is 16.5 Å². The molecule has 0 saturated heterocycles. The maximum Gasteiger partial charge on any atom is 0.249 e. The van der Waals surface area contributed by atoms with Gasteiger partial charge in [0, 0.05) is 11.1 Å². The zero-order valence-corrected chi connectivity index (χ0v) is 12.2. The number of hydrogen-bond donors (Lipinski definition) is 1. The van der Waals surface area contributed by atoms with Crippen LogP contribution in [-0.4, -0.2) is 15.3 Å². The van der Waals surface area contributed by atoms with Gasteiger partial charge in [0.05, 0.1) is 10.0 Å². The van der Waals surface area contributed by atoms with E-state index >= 15 is 0 Å². The molecule has 1 aromatic heterocycles. The molecule has 0 aliphatic carbocycles. The van der Waals surface area contributed by atoms with E-state index < -0.39 is 6.10 Å². The maximum atomic E-state index is 10.3. The molecule has 0 fully saturated rings. The third kappa shape index (κ3) is 2.78. The minimum Gasteiger partial charge on any atom is -0.417 e. The van der Waals surface area contributed by atoms with Gasteiger partial charge in [-0.2, -0.15) is 0 Å². The minimum absolute atomic E-state index is 0.0676. The van der Waals surface area contributed by atoms with E-state index in [4.69, 9.17) is 27.6 Å². The van der Waals surface area contributed by atoms with Crippen LogP contribution in [0.4, 0.5) is 0 Å². The lowest BCUT2D eigenvalue weighted by atomic mass is 10.1. The van der Waals surface area contributed by atoms with E-state index in [9.17, 15) is 5.11 Å². The van der Waals surface area contributed by atoms with Crippen molar-refractivity contribution < 1.29 is 9.52 Å². The molecule has 0 aliphatic rings. The molecule has 0 bridgehead atoms. The number of aromatic nitrogens is 2. The van der Waals surface area contributed by atoms with Gasteiger partial charge in [0.1, 0.15) is 0 Å². The molecule has 2 aromatic carbocycles. The summed E-state index contributed by atoms with van der Waals surface area (Å²) in [5.74, 6) is 0.404. The van der Waals surface area contributed by atoms with Crippen molar-refractivity contribution in [1.82, 2.24) is 10.2 Å². The van der Waals surface area contributed by atoms with Crippen LogP contribution in [0, 0.1) is 0 Å². The van der Waals surface area contributed by atoms with Crippen LogP contribution in [0.3, 0.4) is 0 Å². The first-order valence-electron chi connectivity index (χ1n) is 6.17. The Bertz CT molecular complexity index is 759. The van der Waals surface area contributed by atoms with Crippen molar-refractivity contribution in [3.63, 3.8) is 0 Å². The zero-order chi connectivity index (χ0) is 14.8. The monoisotopic (exact) mass is 320 g/mol. The average molecular weight is 321 g/mol. The SMILES string of the molecule is O[C@H](c1nnc(-c2ccccc2)o1)c1cccc(Cl)c1Cl. The van der Waals surface area contributed by atoms with Gasteiger partial charge in [0.2, 0.25) is 11.8 Å². The number of aliphatic hydroxyl groups excluding tert-OH is 1. The van der Waals surface area contributed by atoms with Crippen LogP contribution in [0.2, 0.25) is 10.0 Å². The molecule has 1 atom stereocenters. The van der Waals surface area contributed by atoms with Crippen molar-refractivity contribution in [3.8, 4) is 11.5 Å². The Kier molecular flexibility index (Phi) is 3.92. The van der Waals surface area contributed by atoms with Crippen LogP contribution in [0.5, 0.6) is 0 Å². The van der Waals surface area contributed by atoms with Gasteiger partial charge >= 0.3 is 0 Å². The van der Waals surface area contributed by atoms with Crippen molar-refractivity contribution in [1.29, 1.82) is 0 Å². The van der Waals surface area contributed by atoms with Crippen LogP contribution in [-0.2, 0) is 0 Å². The minimum atomic E-state index is -1.12. The quantitative estimate of drug-likeness (QED) is 0.788. The Morgan fingerprint density at radius 3 is 2.48 bits per heavy atom. The first-order chi connectivity index (χ1) is 10.2. The molecule has 4 nitrogen and oxygen atoms in total. The van der Waals surface area contributed by atoms with Gasteiger partial charge in [-0.3, -0.25) is 0 Å². The Balaban J connectivity index is 1.95. The van der Waals surface area contributed by atoms with E-state index in [-0.39, 0.29) is 10.9 Å². The number of aliphatic hydroxyl groups is 1. The van der Waals surface area contributed by atoms with Crippen LogP contribution < -0.4 is 0 Å². The summed E-state index contributed by atoms with van der Waals surface area (Å²) in [7, 11) is 0. The van der Waals surface area contributed by atoms with Crippen molar-refractivity contribution >= 4 is 23.2 Å². The van der Waals surface area contributed by atoms with Crippen molar-refractivity contribution in [2.24, 2.45) is 0 Å². The highest BCUT2D eigenvalue weighted by molar-refractivity contribution is 6.42. The Morgan fingerprint density at radius 2 is 1.71 bits per heavy atom. The van der Waals surface area contributed by atoms with Crippen molar-refractivity contribution in [2.75, 3.05) is 0 Å². The molecule has 3 rings (SSSR count). The summed E-state index contributed by atoms with van der Waals surface area (Å²) in [6, 6.07) is 14.3. The van der Waals surface area contributed by atoms with Gasteiger partial charge in [-0.1, -0.05) is 53.5 Å². The molecule has 1 heterocycles. The lowest BCUT2D eigenvalue weighted by molar-refractivity contribution is 0.183. The van der Waals surface area contributed by atoms with Gasteiger partial charge in [-0.05, 0) is 18.2 Å². The molecule has 0 aliphatic heterocycles. The van der Waals surface area contributed by atoms with E-state index in [1.165, 1.54) is 0 Å². The number of rotatable bonds is 3. The third-order valence-electron chi connectivity index (χ3n) is 2.97. The molecule has 0 saturated carbocycles. The number of benzene rings is 2. The van der Waals surface area contributed by atoms with Crippen LogP contribution >= 0.6 is 23.2 Å². The summed E-state index contributed by atoms with van der Waals surface area (Å²) in [6.45, 7) is 0. The lowest BCUT2D eigenvalue weighted by Gasteiger charge is -2.09. The summed E-state index contributed by atoms with van der Waals surface area (Å²) in [5.41, 5.74) is 1.20. The Morgan fingerprint density at radius 1 is 0.952 bits per heavy atom. The first-order valence-corrected chi connectivity index (χ1v) is 6.93. The molecule has 0 unspecified atom stereocenters. The first kappa shape index (κ1) is 14.1. The fraction of sp³-hybridized carbons (Fsp3) is 0.0667. The summed E-state index contributed by atoms with van der Waals surface area (Å²) in [5, 5.41) is 18.7. The van der Waals surface area contributed by atoms with Crippen LogP contribution in [0.25, 0.3) is 11.5 Å². The molecule has 0 radical (unpaired) electrons. The van der Waals surface area contributed by atoms with Gasteiger partial charge in [-0.25, -0.2) is 0 Å². The summed E-state index contributed by atoms with van der Waals surface area (Å²) >= 11 is 12.0. The second kappa shape index (κ2) is 5.85. The highest BCUT2D eigenvalue weighted by atomic mass is 35.5. The molecule has 6 heteroatoms. The molecule has 1 N–H and O–H groups in total. The largest absolute Gasteiger partial charge is 0.417 e. The van der Waals surface area contributed by atoms with E-state index in [0.717, 1.165) is 5.56 Å². The highest BCUT2D eigenvalue weighted by Crippen LogP contribution is 2.33. The predicted octanol–water partition coefficient (Wildman–Crippen LogP) is 4.13. The van der Waals surface area contributed by atoms with Crippen LogP contribution in [0.15, 0.2) is 52.9 Å². The third-order valence-corrected chi connectivity index (χ3v) is 3.80. The Hall–Kier alpha value is -1.88. The smallest absolute Gasteiger partial charge is 0.249 e. The topological polar surface area (TPSA) is 59.2 Å². The molecule has 3 aromatic rings. The van der Waals surface area contributed by atoms with Crippen LogP contribution in [0.1, 0.15) is 17.6 Å². The van der Waals surface area contributed by atoms with E-state index in [1.54, 1.807) is 18.2 Å². The second-order valence-electron chi connectivity index (χ2n) is 4.36. The second-order valence-corrected chi connectivity index (χ2v) is 5.14. The molecule has 0 amide bonds. The average Bonchev–Trinajstić information content (AvgIpc) is 3.00. The summed E-state index contributed by atoms with van der Waals surface area (Å²) < 4.78 is 5.51. The Labute approximate surface area is 131 Å². The molecular formula is C15H10Cl2N2O2. The molecule has 21 heavy (non-hydrogen) atoms. The van der Waals surface area contributed by atoms with Crippen molar-refractivity contribution in [2.45, 2.75) is 6.10 Å². The summed E-state index contributed by atoms with van der Waals surface area (Å²) in [4.78, 5) is 0. The summed E-state index contributed by atoms with van der Waals surface area (Å²) in [6.07, 6.45) is -1.12. The van der Waals surface area contributed by atoms with Gasteiger partial charge in [0.15, 0.2) is 6.10 Å². The zero-order valence-electron chi connectivity index (χ0n) is 10.7. The molecular weight excluding hydrogens is 311 g/mol. The fourth-order valence-corrected chi connectivity index (χ4v) is 2.32. The lowest BCUT2D eigenvalue weighted by Crippen LogP contribution is -2.01. The van der Waals surface area contributed by atoms with Crippen molar-refractivity contribution in [3.05, 3.63) is 70.0 Å². The predicted molar refractivity (Wildman–Crippen MR) is 80.3 cm³/mol. The normalized spacial score (nSPS) is 12.3. The van der Waals surface area contributed by atoms with Gasteiger partial charge in [0.25, 0.3) is 0 Å². The number of halogens is 2. The molecule has 106 valence electrons. The van der Waals surface area contributed by atoms with E-state index in [2.05, 4.69) is 10.2 Å². The number of nitrogens with zero attached hydrogens (tertiary/aromatic N) is 2. The van der Waals surface area contributed by atoms with Gasteiger partial charge in [-0.15, -0.1) is 10.2 Å².